The third-order valence-corrected chi connectivity index (χ3v) is 1.64. The van der Waals surface area contributed by atoms with Crippen LogP contribution in [0.15, 0.2) is 29.4 Å². The van der Waals surface area contributed by atoms with E-state index in [1.807, 2.05) is 0 Å². The van der Waals surface area contributed by atoms with Crippen LogP contribution in [-0.2, 0) is 6.18 Å². The molecule has 0 heterocycles. The number of hydrazone groups is 1. The van der Waals surface area contributed by atoms with E-state index in [9.17, 15) is 13.2 Å². The molecule has 0 bridgehead atoms. The molecule has 0 aromatic heterocycles. The molecular weight excluding hydrogens is 221 g/mol. The van der Waals surface area contributed by atoms with Crippen LogP contribution in [0.4, 0.5) is 13.2 Å². The Balaban J connectivity index is 2.92. The molecule has 16 heavy (non-hydrogen) atoms. The Morgan fingerprint density at radius 2 is 2.00 bits per heavy atom. The van der Waals surface area contributed by atoms with Crippen LogP contribution < -0.4 is 16.6 Å². The van der Waals surface area contributed by atoms with Gasteiger partial charge in [0.1, 0.15) is 0 Å². The van der Waals surface area contributed by atoms with E-state index in [0.717, 1.165) is 12.1 Å². The number of halogens is 3. The van der Waals surface area contributed by atoms with Crippen LogP contribution in [0.5, 0.6) is 0 Å². The molecule has 1 aromatic carbocycles. The molecule has 0 aliphatic heterocycles. The molecule has 0 spiro atoms. The molecule has 86 valence electrons. The average Bonchev–Trinajstić information content (AvgIpc) is 2.16. The number of guanidine groups is 1. The Morgan fingerprint density at radius 3 is 2.56 bits per heavy atom. The van der Waals surface area contributed by atoms with E-state index in [2.05, 4.69) is 10.2 Å². The first-order valence-corrected chi connectivity index (χ1v) is 4.24. The van der Waals surface area contributed by atoms with E-state index >= 15 is 0 Å². The van der Waals surface area contributed by atoms with Crippen molar-refractivity contribution in [3.8, 4) is 0 Å². The molecule has 0 radical (unpaired) electrons. The molecule has 0 atom stereocenters. The summed E-state index contributed by atoms with van der Waals surface area (Å²) in [6.07, 6.45) is -3.10. The summed E-state index contributed by atoms with van der Waals surface area (Å²) >= 11 is 0. The number of nitrogens with two attached hydrogens (primary N) is 2. The summed E-state index contributed by atoms with van der Waals surface area (Å²) < 4.78 is 36.9. The molecule has 0 aliphatic rings. The molecule has 0 unspecified atom stereocenters. The Labute approximate surface area is 89.5 Å². The highest BCUT2D eigenvalue weighted by molar-refractivity contribution is 5.77. The Bertz CT molecular complexity index is 419. The van der Waals surface area contributed by atoms with Crippen molar-refractivity contribution in [2.24, 2.45) is 16.6 Å². The number of hydrogen-bond acceptors (Lipinski definition) is 1. The van der Waals surface area contributed by atoms with E-state index in [0.29, 0.717) is 5.56 Å². The second-order valence-electron chi connectivity index (χ2n) is 2.93. The zero-order chi connectivity index (χ0) is 12.2. The number of benzene rings is 1. The largest absolute Gasteiger partial charge is 0.416 e. The summed E-state index contributed by atoms with van der Waals surface area (Å²) in [6, 6.07) is 4.75. The molecular formula is C9H10F3N4+. The molecule has 1 rings (SSSR count). The topological polar surface area (TPSA) is 78.4 Å². The summed E-state index contributed by atoms with van der Waals surface area (Å²) in [5, 5.41) is 5.72. The molecule has 0 aliphatic carbocycles. The van der Waals surface area contributed by atoms with Crippen LogP contribution in [0.3, 0.4) is 0 Å². The van der Waals surface area contributed by atoms with Crippen molar-refractivity contribution < 1.29 is 18.3 Å². The predicted molar refractivity (Wildman–Crippen MR) is 53.4 cm³/mol. The van der Waals surface area contributed by atoms with Gasteiger partial charge in [-0.25, -0.2) is 0 Å². The van der Waals surface area contributed by atoms with Gasteiger partial charge < -0.3 is 11.5 Å². The van der Waals surface area contributed by atoms with Crippen molar-refractivity contribution >= 4 is 12.2 Å². The fourth-order valence-electron chi connectivity index (χ4n) is 0.986. The maximum atomic E-state index is 12.3. The Hall–Kier alpha value is -2.05. The Kier molecular flexibility index (Phi) is 3.49. The van der Waals surface area contributed by atoms with E-state index in [4.69, 9.17) is 11.5 Å². The minimum atomic E-state index is -4.36. The van der Waals surface area contributed by atoms with E-state index in [1.165, 1.54) is 18.3 Å². The monoisotopic (exact) mass is 231 g/mol. The summed E-state index contributed by atoms with van der Waals surface area (Å²) in [5.41, 5.74) is 9.63. The molecule has 0 amide bonds. The van der Waals surface area contributed by atoms with Gasteiger partial charge in [0.05, 0.1) is 5.56 Å². The van der Waals surface area contributed by atoms with Crippen LogP contribution >= 0.6 is 0 Å². The standard InChI is InChI=1S/C9H9F3N4/c10-9(11,12)7-3-1-2-6(4-7)5-15-16-8(13)14/h1-5H,(H4,13,14,16)/p+1/b15-5+. The van der Waals surface area contributed by atoms with Gasteiger partial charge in [-0.1, -0.05) is 6.07 Å². The van der Waals surface area contributed by atoms with Gasteiger partial charge in [-0.2, -0.15) is 13.2 Å². The van der Waals surface area contributed by atoms with Crippen molar-refractivity contribution in [3.63, 3.8) is 0 Å². The molecule has 1 aromatic rings. The van der Waals surface area contributed by atoms with Gasteiger partial charge in [0, 0.05) is 10.7 Å². The number of nitrogens with zero attached hydrogens (tertiary/aromatic N) is 1. The van der Waals surface area contributed by atoms with Gasteiger partial charge in [0.25, 0.3) is 5.96 Å². The first-order chi connectivity index (χ1) is 7.39. The predicted octanol–water partition coefficient (Wildman–Crippen LogP) is -0.607. The first kappa shape index (κ1) is 12.0. The lowest BCUT2D eigenvalue weighted by Gasteiger charge is -2.05. The van der Waals surface area contributed by atoms with Gasteiger partial charge in [-0.15, -0.1) is 5.10 Å². The fourth-order valence-corrected chi connectivity index (χ4v) is 0.986. The lowest BCUT2D eigenvalue weighted by atomic mass is 10.1. The van der Waals surface area contributed by atoms with Crippen LogP contribution in [0.1, 0.15) is 11.1 Å². The van der Waals surface area contributed by atoms with E-state index in [-0.39, 0.29) is 5.96 Å². The minimum absolute atomic E-state index is 0.205. The maximum absolute atomic E-state index is 12.3. The van der Waals surface area contributed by atoms with Crippen molar-refractivity contribution in [3.05, 3.63) is 35.4 Å². The van der Waals surface area contributed by atoms with Gasteiger partial charge >= 0.3 is 6.18 Å². The summed E-state index contributed by atoms with van der Waals surface area (Å²) in [4.78, 5) is 0. The highest BCUT2D eigenvalue weighted by Gasteiger charge is 2.30. The van der Waals surface area contributed by atoms with E-state index < -0.39 is 11.7 Å². The van der Waals surface area contributed by atoms with Crippen LogP contribution in [-0.4, -0.2) is 12.2 Å². The average molecular weight is 231 g/mol. The summed E-state index contributed by atoms with van der Waals surface area (Å²) in [6.45, 7) is 0. The lowest BCUT2D eigenvalue weighted by molar-refractivity contribution is -0.456. The second-order valence-corrected chi connectivity index (χ2v) is 2.93. The smallest absolute Gasteiger partial charge is 0.365 e. The van der Waals surface area contributed by atoms with Crippen LogP contribution in [0, 0.1) is 0 Å². The fraction of sp³-hybridized carbons (Fsp3) is 0.111. The van der Waals surface area contributed by atoms with Crippen LogP contribution in [0.2, 0.25) is 0 Å². The number of nitrogens with one attached hydrogen (secondary N) is 1. The highest BCUT2D eigenvalue weighted by Crippen LogP contribution is 2.29. The molecule has 0 saturated heterocycles. The quantitative estimate of drug-likeness (QED) is 0.361. The first-order valence-electron chi connectivity index (χ1n) is 4.24. The normalized spacial score (nSPS) is 11.7. The van der Waals surface area contributed by atoms with Crippen LogP contribution in [0.25, 0.3) is 0 Å². The van der Waals surface area contributed by atoms with Gasteiger partial charge in [0.15, 0.2) is 0 Å². The van der Waals surface area contributed by atoms with Crippen molar-refractivity contribution in [2.45, 2.75) is 6.18 Å². The van der Waals surface area contributed by atoms with E-state index in [1.54, 1.807) is 0 Å². The molecule has 4 nitrogen and oxygen atoms in total. The van der Waals surface area contributed by atoms with Gasteiger partial charge in [0.2, 0.25) is 6.21 Å². The second kappa shape index (κ2) is 4.65. The minimum Gasteiger partial charge on any atom is -0.365 e. The van der Waals surface area contributed by atoms with Crippen molar-refractivity contribution in [1.82, 2.24) is 0 Å². The molecule has 0 fully saturated rings. The molecule has 7 heteroatoms. The third kappa shape index (κ3) is 3.60. The number of hydrogen-bond donors (Lipinski definition) is 3. The number of alkyl halides is 3. The maximum Gasteiger partial charge on any atom is 0.416 e. The lowest BCUT2D eigenvalue weighted by Crippen LogP contribution is -2.63. The highest BCUT2D eigenvalue weighted by atomic mass is 19.4. The SMILES string of the molecule is NC(N)=N/[NH+]=C/c1cccc(C(F)(F)F)c1. The van der Waals surface area contributed by atoms with Crippen molar-refractivity contribution in [1.29, 1.82) is 0 Å². The number of rotatable bonds is 2. The van der Waals surface area contributed by atoms with Crippen molar-refractivity contribution in [2.75, 3.05) is 0 Å². The summed E-state index contributed by atoms with van der Waals surface area (Å²) in [7, 11) is 0. The van der Waals surface area contributed by atoms with Gasteiger partial charge in [-0.3, -0.25) is 0 Å². The molecule has 5 N–H and O–H groups in total. The third-order valence-electron chi connectivity index (χ3n) is 1.64. The zero-order valence-electron chi connectivity index (χ0n) is 8.12. The summed E-state index contributed by atoms with van der Waals surface area (Å²) in [5.74, 6) is -0.205. The molecule has 0 saturated carbocycles. The van der Waals surface area contributed by atoms with Gasteiger partial charge in [-0.05, 0) is 18.2 Å². The Morgan fingerprint density at radius 1 is 1.31 bits per heavy atom. The zero-order valence-corrected chi connectivity index (χ0v) is 8.12.